The fourth-order valence-corrected chi connectivity index (χ4v) is 3.29. The maximum absolute atomic E-state index is 13.6. The lowest BCUT2D eigenvalue weighted by Crippen LogP contribution is -2.24. The predicted molar refractivity (Wildman–Crippen MR) is 85.9 cm³/mol. The van der Waals surface area contributed by atoms with Crippen molar-refractivity contribution in [2.24, 2.45) is 5.92 Å². The first-order valence-corrected chi connectivity index (χ1v) is 8.46. The summed E-state index contributed by atoms with van der Waals surface area (Å²) in [5, 5.41) is 19.9. The predicted octanol–water partition coefficient (Wildman–Crippen LogP) is 4.47. The fourth-order valence-electron chi connectivity index (χ4n) is 2.71. The Kier molecular flexibility index (Phi) is 6.15. The molecule has 0 aliphatic rings. The van der Waals surface area contributed by atoms with Gasteiger partial charge in [-0.25, -0.2) is 22.9 Å². The zero-order valence-corrected chi connectivity index (χ0v) is 14.9. The number of pyridine rings is 1. The molecule has 2 heterocycles. The van der Waals surface area contributed by atoms with Gasteiger partial charge in [-0.05, 0) is 35.5 Å². The van der Waals surface area contributed by atoms with Gasteiger partial charge in [0.15, 0.2) is 5.69 Å². The van der Waals surface area contributed by atoms with Gasteiger partial charge in [0.2, 0.25) is 0 Å². The summed E-state index contributed by atoms with van der Waals surface area (Å²) < 4.78 is 71.0. The molecule has 0 aromatic carbocycles. The monoisotopic (exact) mass is 410 g/mol. The highest BCUT2D eigenvalue weighted by atomic mass is 32.1. The number of hydrogen-bond donors (Lipinski definition) is 2. The van der Waals surface area contributed by atoms with Gasteiger partial charge in [-0.3, -0.25) is 0 Å². The van der Waals surface area contributed by atoms with E-state index in [1.54, 1.807) is 13.8 Å². The van der Waals surface area contributed by atoms with Crippen LogP contribution in [0.3, 0.4) is 0 Å². The van der Waals surface area contributed by atoms with Crippen LogP contribution < -0.4 is 0 Å². The molecule has 1 unspecified atom stereocenters. The summed E-state index contributed by atoms with van der Waals surface area (Å²) in [6.07, 6.45) is -9.62. The number of carbonyl (C=O) groups is 1. The van der Waals surface area contributed by atoms with Crippen LogP contribution in [0.25, 0.3) is 0 Å². The van der Waals surface area contributed by atoms with Crippen molar-refractivity contribution in [2.75, 3.05) is 0 Å². The molecule has 11 heteroatoms. The molecule has 0 amide bonds. The van der Waals surface area contributed by atoms with E-state index in [0.29, 0.717) is 11.5 Å². The second-order valence-corrected chi connectivity index (χ2v) is 7.00. The normalized spacial score (nSPS) is 13.4. The van der Waals surface area contributed by atoms with E-state index in [9.17, 15) is 37.0 Å². The number of nitrogens with zero attached hydrogens (tertiary/aromatic N) is 2. The molecule has 0 radical (unpaired) electrons. The van der Waals surface area contributed by atoms with Gasteiger partial charge in [-0.15, -0.1) is 0 Å². The van der Waals surface area contributed by atoms with Crippen molar-refractivity contribution in [2.45, 2.75) is 39.0 Å². The maximum Gasteiger partial charge on any atom is 0.433 e. The maximum atomic E-state index is 13.6. The number of rotatable bonds is 6. The molecule has 0 saturated carbocycles. The SMILES string of the molecule is CC(C)Cc1c(C(=O)O)c(C(F)F)nc(C(F)(F)F)c1C(O)c1ccns1. The summed E-state index contributed by atoms with van der Waals surface area (Å²) >= 11 is 0.707. The Hall–Kier alpha value is -2.14. The lowest BCUT2D eigenvalue weighted by atomic mass is 9.88. The van der Waals surface area contributed by atoms with Crippen LogP contribution in [0, 0.1) is 5.92 Å². The number of aromatic nitrogens is 2. The van der Waals surface area contributed by atoms with Crippen molar-refractivity contribution >= 4 is 17.5 Å². The van der Waals surface area contributed by atoms with Crippen LogP contribution in [0.2, 0.25) is 0 Å². The van der Waals surface area contributed by atoms with Crippen molar-refractivity contribution in [3.63, 3.8) is 0 Å². The second-order valence-electron chi connectivity index (χ2n) is 6.13. The topological polar surface area (TPSA) is 83.3 Å². The number of aromatic carboxylic acids is 1. The van der Waals surface area contributed by atoms with Gasteiger partial charge in [0.1, 0.15) is 11.8 Å². The van der Waals surface area contributed by atoms with Gasteiger partial charge in [-0.1, -0.05) is 13.8 Å². The van der Waals surface area contributed by atoms with Gasteiger partial charge >= 0.3 is 12.1 Å². The Bertz CT molecular complexity index is 822. The number of aliphatic hydroxyl groups is 1. The smallest absolute Gasteiger partial charge is 0.433 e. The van der Waals surface area contributed by atoms with Crippen molar-refractivity contribution in [3.8, 4) is 0 Å². The van der Waals surface area contributed by atoms with Crippen molar-refractivity contribution in [1.29, 1.82) is 0 Å². The van der Waals surface area contributed by atoms with E-state index in [1.807, 2.05) is 0 Å². The lowest BCUT2D eigenvalue weighted by Gasteiger charge is -2.24. The molecular formula is C16H15F5N2O3S. The molecule has 0 aliphatic heterocycles. The minimum Gasteiger partial charge on any atom is -0.478 e. The summed E-state index contributed by atoms with van der Waals surface area (Å²) in [6, 6.07) is 1.26. The van der Waals surface area contributed by atoms with E-state index in [2.05, 4.69) is 9.36 Å². The minimum atomic E-state index is -5.17. The molecular weight excluding hydrogens is 395 g/mol. The molecule has 148 valence electrons. The van der Waals surface area contributed by atoms with Crippen molar-refractivity contribution < 1.29 is 37.0 Å². The molecule has 2 aromatic rings. The summed E-state index contributed by atoms with van der Waals surface area (Å²) in [5.41, 5.74) is -5.53. The molecule has 0 bridgehead atoms. The van der Waals surface area contributed by atoms with Crippen LogP contribution in [0.5, 0.6) is 0 Å². The minimum absolute atomic E-state index is 0.00782. The molecule has 0 spiro atoms. The zero-order chi connectivity index (χ0) is 20.5. The highest BCUT2D eigenvalue weighted by Gasteiger charge is 2.42. The lowest BCUT2D eigenvalue weighted by molar-refractivity contribution is -0.143. The van der Waals surface area contributed by atoms with Gasteiger partial charge < -0.3 is 10.2 Å². The van der Waals surface area contributed by atoms with Crippen LogP contribution in [0.15, 0.2) is 12.3 Å². The molecule has 27 heavy (non-hydrogen) atoms. The molecule has 1 atom stereocenters. The zero-order valence-electron chi connectivity index (χ0n) is 14.1. The van der Waals surface area contributed by atoms with Crippen LogP contribution in [0.4, 0.5) is 22.0 Å². The third-order valence-corrected chi connectivity index (χ3v) is 4.47. The molecule has 0 saturated heterocycles. The van der Waals surface area contributed by atoms with Crippen LogP contribution in [-0.2, 0) is 12.6 Å². The van der Waals surface area contributed by atoms with Crippen molar-refractivity contribution in [3.05, 3.63) is 45.2 Å². The Labute approximate surface area is 154 Å². The summed E-state index contributed by atoms with van der Waals surface area (Å²) in [7, 11) is 0. The van der Waals surface area contributed by atoms with E-state index in [-0.39, 0.29) is 17.2 Å². The molecule has 2 rings (SSSR count). The van der Waals surface area contributed by atoms with Crippen molar-refractivity contribution in [1.82, 2.24) is 9.36 Å². The standard InChI is InChI=1S/C16H15F5N2O3S/c1-6(2)5-7-9(15(25)26)11(14(17)18)23-13(16(19,20)21)10(7)12(24)8-3-4-22-27-8/h3-4,6,12,14,24H,5H2,1-2H3,(H,25,26). The molecule has 5 nitrogen and oxygen atoms in total. The van der Waals surface area contributed by atoms with Gasteiger partial charge in [0, 0.05) is 11.8 Å². The number of alkyl halides is 5. The van der Waals surface area contributed by atoms with Gasteiger partial charge in [0.25, 0.3) is 6.43 Å². The first kappa shape index (κ1) is 21.2. The highest BCUT2D eigenvalue weighted by molar-refractivity contribution is 7.05. The third-order valence-electron chi connectivity index (χ3n) is 3.67. The Morgan fingerprint density at radius 1 is 1.30 bits per heavy atom. The fraction of sp³-hybridized carbons (Fsp3) is 0.438. The van der Waals surface area contributed by atoms with E-state index >= 15 is 0 Å². The van der Waals surface area contributed by atoms with E-state index in [0.717, 1.165) is 0 Å². The van der Waals surface area contributed by atoms with Crippen LogP contribution in [-0.4, -0.2) is 25.5 Å². The molecule has 0 aliphatic carbocycles. The number of hydrogen-bond acceptors (Lipinski definition) is 5. The van der Waals surface area contributed by atoms with E-state index in [1.165, 1.54) is 12.3 Å². The summed E-state index contributed by atoms with van der Waals surface area (Å²) in [4.78, 5) is 14.5. The first-order chi connectivity index (χ1) is 12.4. The summed E-state index contributed by atoms with van der Waals surface area (Å²) in [5.74, 6) is -2.20. The number of aliphatic hydroxyl groups excluding tert-OH is 1. The third kappa shape index (κ3) is 4.41. The van der Waals surface area contributed by atoms with Crippen LogP contribution in [0.1, 0.15) is 64.1 Å². The molecule has 0 fully saturated rings. The second kappa shape index (κ2) is 7.85. The Balaban J connectivity index is 2.95. The Morgan fingerprint density at radius 3 is 2.33 bits per heavy atom. The average molecular weight is 410 g/mol. The average Bonchev–Trinajstić information content (AvgIpc) is 3.05. The van der Waals surface area contributed by atoms with Gasteiger partial charge in [0.05, 0.1) is 10.4 Å². The van der Waals surface area contributed by atoms with Crippen LogP contribution >= 0.6 is 11.5 Å². The Morgan fingerprint density at radius 2 is 1.93 bits per heavy atom. The molecule has 2 N–H and O–H groups in total. The quantitative estimate of drug-likeness (QED) is 0.687. The summed E-state index contributed by atoms with van der Waals surface area (Å²) in [6.45, 7) is 3.18. The molecule has 2 aromatic heterocycles. The highest BCUT2D eigenvalue weighted by Crippen LogP contribution is 2.42. The van der Waals surface area contributed by atoms with E-state index in [4.69, 9.17) is 0 Å². The number of carboxylic acids is 1. The number of carboxylic acid groups (broad SMARTS) is 1. The largest absolute Gasteiger partial charge is 0.478 e. The number of halogens is 5. The van der Waals surface area contributed by atoms with Gasteiger partial charge in [-0.2, -0.15) is 13.2 Å². The first-order valence-electron chi connectivity index (χ1n) is 7.69. The van der Waals surface area contributed by atoms with E-state index < -0.39 is 52.8 Å².